The molecule has 1 N–H and O–H groups in total. The van der Waals surface area contributed by atoms with E-state index in [4.69, 9.17) is 32.7 Å². The van der Waals surface area contributed by atoms with Crippen molar-refractivity contribution in [2.75, 3.05) is 7.11 Å². The van der Waals surface area contributed by atoms with Crippen molar-refractivity contribution in [2.45, 2.75) is 0 Å². The number of nitrogens with zero attached hydrogens (tertiary/aromatic N) is 1. The van der Waals surface area contributed by atoms with Crippen molar-refractivity contribution in [2.24, 2.45) is 5.10 Å². The number of hydrazone groups is 1. The second-order valence-corrected chi connectivity index (χ2v) is 8.09. The molecule has 9 heteroatoms. The monoisotopic (exact) mass is 568 g/mol. The van der Waals surface area contributed by atoms with Gasteiger partial charge in [-0.1, -0.05) is 41.4 Å². The van der Waals surface area contributed by atoms with Crippen LogP contribution < -0.4 is 14.9 Å². The fraction of sp³-hybridized carbons (Fsp3) is 0.0455. The highest BCUT2D eigenvalue weighted by atomic mass is 127. The van der Waals surface area contributed by atoms with E-state index in [2.05, 4.69) is 10.5 Å². The van der Waals surface area contributed by atoms with E-state index >= 15 is 0 Å². The number of carbonyl (C=O) groups excluding carboxylic acids is 2. The Hall–Kier alpha value is -2.62. The molecule has 0 radical (unpaired) electrons. The molecule has 1 amide bonds. The number of hydrogen-bond acceptors (Lipinski definition) is 5. The van der Waals surface area contributed by atoms with Crippen LogP contribution in [0.5, 0.6) is 11.5 Å². The van der Waals surface area contributed by atoms with Gasteiger partial charge in [0, 0.05) is 5.56 Å². The maximum absolute atomic E-state index is 12.4. The van der Waals surface area contributed by atoms with Crippen LogP contribution in [-0.2, 0) is 0 Å². The summed E-state index contributed by atoms with van der Waals surface area (Å²) in [5, 5.41) is 4.59. The highest BCUT2D eigenvalue weighted by Gasteiger charge is 2.16. The normalized spacial score (nSPS) is 10.7. The number of carbonyl (C=O) groups is 2. The van der Waals surface area contributed by atoms with Gasteiger partial charge in [0.25, 0.3) is 5.91 Å². The first kappa shape index (κ1) is 23.1. The lowest BCUT2D eigenvalue weighted by Crippen LogP contribution is -2.17. The number of esters is 1. The van der Waals surface area contributed by atoms with Gasteiger partial charge < -0.3 is 9.47 Å². The third-order valence-electron chi connectivity index (χ3n) is 4.02. The topological polar surface area (TPSA) is 77.0 Å². The molecular formula is C22H15Cl2IN2O4. The lowest BCUT2D eigenvalue weighted by molar-refractivity contribution is 0.0728. The summed E-state index contributed by atoms with van der Waals surface area (Å²) in [5.74, 6) is -0.278. The SMILES string of the molecule is COc1cc(/C=N\NC(=O)c2ccc(Cl)c(Cl)c2)cc(I)c1OC(=O)c1ccccc1. The number of halogens is 3. The van der Waals surface area contributed by atoms with Crippen LogP contribution in [0, 0.1) is 3.57 Å². The van der Waals surface area contributed by atoms with Gasteiger partial charge in [0.1, 0.15) is 0 Å². The van der Waals surface area contributed by atoms with E-state index in [0.717, 1.165) is 0 Å². The van der Waals surface area contributed by atoms with Crippen molar-refractivity contribution in [3.05, 3.63) is 91.0 Å². The van der Waals surface area contributed by atoms with E-state index in [0.29, 0.717) is 36.8 Å². The number of ether oxygens (including phenoxy) is 2. The second kappa shape index (κ2) is 10.6. The zero-order valence-corrected chi connectivity index (χ0v) is 19.7. The van der Waals surface area contributed by atoms with Crippen molar-refractivity contribution in [1.82, 2.24) is 5.43 Å². The van der Waals surface area contributed by atoms with Crippen molar-refractivity contribution in [1.29, 1.82) is 0 Å². The van der Waals surface area contributed by atoms with Gasteiger partial charge in [-0.3, -0.25) is 4.79 Å². The number of hydrogen-bond donors (Lipinski definition) is 1. The van der Waals surface area contributed by atoms with Crippen LogP contribution in [0.2, 0.25) is 10.0 Å². The van der Waals surface area contributed by atoms with E-state index in [1.807, 2.05) is 28.7 Å². The first-order valence-electron chi connectivity index (χ1n) is 8.82. The first-order chi connectivity index (χ1) is 14.9. The summed E-state index contributed by atoms with van der Waals surface area (Å²) in [5.41, 5.74) is 3.80. The summed E-state index contributed by atoms with van der Waals surface area (Å²) in [7, 11) is 1.47. The van der Waals surface area contributed by atoms with Crippen LogP contribution in [0.4, 0.5) is 0 Å². The molecule has 0 aliphatic rings. The molecular weight excluding hydrogens is 554 g/mol. The molecule has 3 aromatic carbocycles. The van der Waals surface area contributed by atoms with Crippen molar-refractivity contribution in [3.8, 4) is 11.5 Å². The van der Waals surface area contributed by atoms with E-state index in [9.17, 15) is 9.59 Å². The standard InChI is InChI=1S/C22H15Cl2IN2O4/c1-30-19-10-13(12-26-27-21(28)15-7-8-16(23)17(24)11-15)9-18(25)20(19)31-22(29)14-5-3-2-4-6-14/h2-12H,1H3,(H,27,28)/b26-12-. The van der Waals surface area contributed by atoms with Gasteiger partial charge in [0.05, 0.1) is 32.5 Å². The van der Waals surface area contributed by atoms with Crippen LogP contribution >= 0.6 is 45.8 Å². The lowest BCUT2D eigenvalue weighted by atomic mass is 10.2. The Kier molecular flexibility index (Phi) is 7.89. The molecule has 0 saturated heterocycles. The minimum absolute atomic E-state index is 0.276. The van der Waals surface area contributed by atoms with E-state index in [1.165, 1.54) is 25.5 Å². The molecule has 0 atom stereocenters. The summed E-state index contributed by atoms with van der Waals surface area (Å²) in [4.78, 5) is 24.6. The van der Waals surface area contributed by atoms with Crippen LogP contribution in [0.15, 0.2) is 65.8 Å². The molecule has 0 heterocycles. The molecule has 31 heavy (non-hydrogen) atoms. The second-order valence-electron chi connectivity index (χ2n) is 6.12. The average molecular weight is 569 g/mol. The largest absolute Gasteiger partial charge is 0.493 e. The summed E-state index contributed by atoms with van der Waals surface area (Å²) in [6.07, 6.45) is 1.45. The van der Waals surface area contributed by atoms with Gasteiger partial charge in [-0.05, 0) is 70.6 Å². The number of rotatable bonds is 6. The summed E-state index contributed by atoms with van der Waals surface area (Å²) in [6.45, 7) is 0. The predicted molar refractivity (Wildman–Crippen MR) is 129 cm³/mol. The molecule has 0 fully saturated rings. The Balaban J connectivity index is 1.73. The Morgan fingerprint density at radius 3 is 2.42 bits per heavy atom. The number of amides is 1. The minimum atomic E-state index is -0.493. The van der Waals surface area contributed by atoms with Gasteiger partial charge in [-0.15, -0.1) is 0 Å². The molecule has 158 valence electrons. The lowest BCUT2D eigenvalue weighted by Gasteiger charge is -2.12. The molecule has 0 bridgehead atoms. The van der Waals surface area contributed by atoms with E-state index in [-0.39, 0.29) is 5.02 Å². The zero-order chi connectivity index (χ0) is 22.4. The minimum Gasteiger partial charge on any atom is -0.493 e. The number of benzene rings is 3. The third-order valence-corrected chi connectivity index (χ3v) is 5.56. The molecule has 3 aromatic rings. The maximum Gasteiger partial charge on any atom is 0.343 e. The smallest absolute Gasteiger partial charge is 0.343 e. The fourth-order valence-electron chi connectivity index (χ4n) is 2.51. The van der Waals surface area contributed by atoms with Gasteiger partial charge >= 0.3 is 5.97 Å². The van der Waals surface area contributed by atoms with Gasteiger partial charge in [-0.25, -0.2) is 10.2 Å². The summed E-state index contributed by atoms with van der Waals surface area (Å²) >= 11 is 13.8. The van der Waals surface area contributed by atoms with Crippen molar-refractivity contribution in [3.63, 3.8) is 0 Å². The molecule has 6 nitrogen and oxygen atoms in total. The fourth-order valence-corrected chi connectivity index (χ4v) is 3.54. The molecule has 0 spiro atoms. The highest BCUT2D eigenvalue weighted by Crippen LogP contribution is 2.34. The van der Waals surface area contributed by atoms with Gasteiger partial charge in [0.2, 0.25) is 0 Å². The van der Waals surface area contributed by atoms with Crippen molar-refractivity contribution < 1.29 is 19.1 Å². The maximum atomic E-state index is 12.4. The van der Waals surface area contributed by atoms with Crippen LogP contribution in [0.3, 0.4) is 0 Å². The molecule has 0 aromatic heterocycles. The third kappa shape index (κ3) is 5.96. The van der Waals surface area contributed by atoms with Gasteiger partial charge in [0.15, 0.2) is 11.5 Å². The van der Waals surface area contributed by atoms with Crippen LogP contribution in [0.25, 0.3) is 0 Å². The Morgan fingerprint density at radius 1 is 1.00 bits per heavy atom. The van der Waals surface area contributed by atoms with Gasteiger partial charge in [-0.2, -0.15) is 5.10 Å². The summed E-state index contributed by atoms with van der Waals surface area (Å²) in [6, 6.07) is 16.6. The zero-order valence-electron chi connectivity index (χ0n) is 16.1. The Morgan fingerprint density at radius 2 is 1.74 bits per heavy atom. The average Bonchev–Trinajstić information content (AvgIpc) is 2.77. The quantitative estimate of drug-likeness (QED) is 0.138. The molecule has 3 rings (SSSR count). The molecule has 0 saturated carbocycles. The van der Waals surface area contributed by atoms with Crippen LogP contribution in [0.1, 0.15) is 26.3 Å². The molecule has 0 aliphatic heterocycles. The van der Waals surface area contributed by atoms with E-state index < -0.39 is 11.9 Å². The summed E-state index contributed by atoms with van der Waals surface area (Å²) < 4.78 is 11.5. The Bertz CT molecular complexity index is 1150. The molecule has 0 aliphatic carbocycles. The number of nitrogens with one attached hydrogen (secondary N) is 1. The van der Waals surface area contributed by atoms with Crippen molar-refractivity contribution >= 4 is 63.9 Å². The highest BCUT2D eigenvalue weighted by molar-refractivity contribution is 14.1. The predicted octanol–water partition coefficient (Wildman–Crippen LogP) is 5.59. The van der Waals surface area contributed by atoms with Crippen LogP contribution in [-0.4, -0.2) is 25.2 Å². The first-order valence-corrected chi connectivity index (χ1v) is 10.7. The Labute approximate surface area is 202 Å². The van der Waals surface area contributed by atoms with E-state index in [1.54, 1.807) is 42.5 Å². The number of methoxy groups -OCH3 is 1. The molecule has 0 unspecified atom stereocenters.